The zero-order valence-corrected chi connectivity index (χ0v) is 16.4. The molecule has 2 aliphatic rings. The molecule has 2 atom stereocenters. The molecule has 0 aromatic heterocycles. The number of rotatable bonds is 2. The number of likely N-dealkylation sites (tertiary alicyclic amines) is 1. The van der Waals surface area contributed by atoms with Crippen molar-refractivity contribution < 1.29 is 9.18 Å². The Hall–Kier alpha value is -2.07. The number of piperidine rings is 1. The molecule has 0 radical (unpaired) electrons. The molecule has 0 bridgehead atoms. The van der Waals surface area contributed by atoms with Crippen LogP contribution >= 0.6 is 11.6 Å². The summed E-state index contributed by atoms with van der Waals surface area (Å²) in [5.41, 5.74) is 1.50. The van der Waals surface area contributed by atoms with Crippen LogP contribution in [-0.4, -0.2) is 35.5 Å². The minimum Gasteiger partial charge on any atom is -0.363 e. The molecule has 0 aliphatic carbocycles. The Labute approximate surface area is 164 Å². The maximum absolute atomic E-state index is 13.8. The highest BCUT2D eigenvalue weighted by molar-refractivity contribution is 6.30. The Morgan fingerprint density at radius 1 is 1.19 bits per heavy atom. The van der Waals surface area contributed by atoms with Crippen molar-refractivity contribution in [2.24, 2.45) is 5.92 Å². The second kappa shape index (κ2) is 6.83. The predicted molar refractivity (Wildman–Crippen MR) is 107 cm³/mol. The molecule has 2 fully saturated rings. The summed E-state index contributed by atoms with van der Waals surface area (Å²) in [7, 11) is 0. The normalized spacial score (nSPS) is 24.0. The summed E-state index contributed by atoms with van der Waals surface area (Å²) in [5.74, 6) is 0.207. The van der Waals surface area contributed by atoms with Gasteiger partial charge in [0.2, 0.25) is 0 Å². The molecule has 4 rings (SSSR count). The third-order valence-electron chi connectivity index (χ3n) is 5.88. The van der Waals surface area contributed by atoms with E-state index in [1.807, 2.05) is 23.1 Å². The van der Waals surface area contributed by atoms with Crippen LogP contribution in [0.4, 0.5) is 10.1 Å². The maximum atomic E-state index is 13.8. The third kappa shape index (κ3) is 3.43. The van der Waals surface area contributed by atoms with Crippen LogP contribution in [0.1, 0.15) is 37.0 Å². The van der Waals surface area contributed by atoms with Crippen molar-refractivity contribution in [2.75, 3.05) is 18.0 Å². The van der Waals surface area contributed by atoms with Gasteiger partial charge < -0.3 is 9.80 Å². The van der Waals surface area contributed by atoms with E-state index in [1.54, 1.807) is 24.3 Å². The van der Waals surface area contributed by atoms with Crippen molar-refractivity contribution in [1.82, 2.24) is 4.90 Å². The van der Waals surface area contributed by atoms with E-state index >= 15 is 0 Å². The molecule has 2 aromatic carbocycles. The van der Waals surface area contributed by atoms with Crippen LogP contribution in [0.25, 0.3) is 0 Å². The standard InChI is InChI=1S/C22H24ClFN2O/c1-22(2)13-16-14-25(21(27)15-5-3-6-17(23)11-15)10-9-20(16)26(22)19-8-4-7-18(24)12-19/h3-8,11-12,16,20H,9-10,13-14H2,1-2H3/t16-,20+/m1/s1. The summed E-state index contributed by atoms with van der Waals surface area (Å²) >= 11 is 6.05. The van der Waals surface area contributed by atoms with Gasteiger partial charge >= 0.3 is 0 Å². The number of hydrogen-bond donors (Lipinski definition) is 0. The van der Waals surface area contributed by atoms with E-state index < -0.39 is 0 Å². The molecule has 0 saturated carbocycles. The highest BCUT2D eigenvalue weighted by atomic mass is 35.5. The molecule has 0 spiro atoms. The van der Waals surface area contributed by atoms with E-state index in [2.05, 4.69) is 18.7 Å². The Morgan fingerprint density at radius 2 is 1.96 bits per heavy atom. The zero-order valence-electron chi connectivity index (χ0n) is 15.7. The molecule has 0 N–H and O–H groups in total. The quantitative estimate of drug-likeness (QED) is 0.725. The smallest absolute Gasteiger partial charge is 0.253 e. The van der Waals surface area contributed by atoms with E-state index in [0.717, 1.165) is 25.1 Å². The van der Waals surface area contributed by atoms with Crippen LogP contribution in [0.2, 0.25) is 5.02 Å². The molecule has 5 heteroatoms. The first-order valence-electron chi connectivity index (χ1n) is 9.45. The lowest BCUT2D eigenvalue weighted by atomic mass is 9.89. The number of halogens is 2. The van der Waals surface area contributed by atoms with Gasteiger partial charge in [0.1, 0.15) is 5.82 Å². The fraction of sp³-hybridized carbons (Fsp3) is 0.409. The van der Waals surface area contributed by atoms with Gasteiger partial charge in [0.25, 0.3) is 5.91 Å². The number of amides is 1. The van der Waals surface area contributed by atoms with Gasteiger partial charge in [-0.3, -0.25) is 4.79 Å². The van der Waals surface area contributed by atoms with E-state index in [1.165, 1.54) is 6.07 Å². The Bertz CT molecular complexity index is 869. The minimum atomic E-state index is -0.208. The average molecular weight is 387 g/mol. The fourth-order valence-corrected chi connectivity index (χ4v) is 5.09. The zero-order chi connectivity index (χ0) is 19.2. The Kier molecular flexibility index (Phi) is 4.63. The molecule has 142 valence electrons. The van der Waals surface area contributed by atoms with Crippen LogP contribution in [-0.2, 0) is 0 Å². The lowest BCUT2D eigenvalue weighted by molar-refractivity contribution is 0.0667. The second-order valence-corrected chi connectivity index (χ2v) is 8.68. The second-order valence-electron chi connectivity index (χ2n) is 8.24. The highest BCUT2D eigenvalue weighted by Crippen LogP contribution is 2.44. The van der Waals surface area contributed by atoms with Gasteiger partial charge in [-0.05, 0) is 69.0 Å². The monoisotopic (exact) mass is 386 g/mol. The van der Waals surface area contributed by atoms with Crippen LogP contribution in [0.15, 0.2) is 48.5 Å². The van der Waals surface area contributed by atoms with Crippen molar-refractivity contribution in [3.8, 4) is 0 Å². The molecule has 2 saturated heterocycles. The first-order chi connectivity index (χ1) is 12.8. The molecule has 2 heterocycles. The highest BCUT2D eigenvalue weighted by Gasteiger charge is 2.48. The lowest BCUT2D eigenvalue weighted by Gasteiger charge is -2.42. The van der Waals surface area contributed by atoms with Crippen LogP contribution in [0, 0.1) is 11.7 Å². The van der Waals surface area contributed by atoms with Crippen LogP contribution in [0.3, 0.4) is 0 Å². The van der Waals surface area contributed by atoms with Gasteiger partial charge in [-0.15, -0.1) is 0 Å². The number of benzene rings is 2. The van der Waals surface area contributed by atoms with Crippen molar-refractivity contribution in [3.05, 3.63) is 64.9 Å². The predicted octanol–water partition coefficient (Wildman–Crippen LogP) is 5.00. The Morgan fingerprint density at radius 3 is 2.70 bits per heavy atom. The molecule has 2 aromatic rings. The largest absolute Gasteiger partial charge is 0.363 e. The average Bonchev–Trinajstić information content (AvgIpc) is 2.89. The summed E-state index contributed by atoms with van der Waals surface area (Å²) in [4.78, 5) is 17.2. The van der Waals surface area contributed by atoms with Crippen molar-refractivity contribution in [2.45, 2.75) is 38.3 Å². The SMILES string of the molecule is CC1(C)C[C@@H]2CN(C(=O)c3cccc(Cl)c3)CC[C@@H]2N1c1cccc(F)c1. The molecule has 27 heavy (non-hydrogen) atoms. The van der Waals surface area contributed by atoms with Crippen LogP contribution in [0.5, 0.6) is 0 Å². The maximum Gasteiger partial charge on any atom is 0.253 e. The number of fused-ring (bicyclic) bond motifs is 1. The number of hydrogen-bond acceptors (Lipinski definition) is 2. The third-order valence-corrected chi connectivity index (χ3v) is 6.12. The summed E-state index contributed by atoms with van der Waals surface area (Å²) < 4.78 is 13.8. The van der Waals surface area contributed by atoms with Crippen molar-refractivity contribution in [1.29, 1.82) is 0 Å². The van der Waals surface area contributed by atoms with Crippen LogP contribution < -0.4 is 4.90 Å². The molecular formula is C22H24ClFN2O. The molecule has 2 aliphatic heterocycles. The summed E-state index contributed by atoms with van der Waals surface area (Å²) in [6.07, 6.45) is 1.87. The minimum absolute atomic E-state index is 0.0398. The van der Waals surface area contributed by atoms with E-state index in [9.17, 15) is 9.18 Å². The fourth-order valence-electron chi connectivity index (χ4n) is 4.90. The van der Waals surface area contributed by atoms with Gasteiger partial charge in [0, 0.05) is 40.9 Å². The Balaban J connectivity index is 1.55. The molecule has 3 nitrogen and oxygen atoms in total. The van der Waals surface area contributed by atoms with E-state index in [0.29, 0.717) is 29.1 Å². The van der Waals surface area contributed by atoms with E-state index in [-0.39, 0.29) is 17.3 Å². The lowest BCUT2D eigenvalue weighted by Crippen LogP contribution is -2.50. The number of anilines is 1. The molecule has 0 unspecified atom stereocenters. The number of carbonyl (C=O) groups excluding carboxylic acids is 1. The summed E-state index contributed by atoms with van der Waals surface area (Å²) in [6.45, 7) is 5.85. The van der Waals surface area contributed by atoms with Crippen molar-refractivity contribution >= 4 is 23.2 Å². The molecule has 1 amide bonds. The summed E-state index contributed by atoms with van der Waals surface area (Å²) in [5, 5.41) is 0.579. The van der Waals surface area contributed by atoms with Gasteiger partial charge in [-0.1, -0.05) is 23.7 Å². The van der Waals surface area contributed by atoms with E-state index in [4.69, 9.17) is 11.6 Å². The summed E-state index contributed by atoms with van der Waals surface area (Å²) in [6, 6.07) is 14.3. The van der Waals surface area contributed by atoms with Gasteiger partial charge in [-0.25, -0.2) is 4.39 Å². The molecular weight excluding hydrogens is 363 g/mol. The number of carbonyl (C=O) groups is 1. The van der Waals surface area contributed by atoms with Gasteiger partial charge in [0.05, 0.1) is 0 Å². The topological polar surface area (TPSA) is 23.6 Å². The van der Waals surface area contributed by atoms with Gasteiger partial charge in [-0.2, -0.15) is 0 Å². The van der Waals surface area contributed by atoms with Crippen molar-refractivity contribution in [3.63, 3.8) is 0 Å². The van der Waals surface area contributed by atoms with Gasteiger partial charge in [0.15, 0.2) is 0 Å². The number of nitrogens with zero attached hydrogens (tertiary/aromatic N) is 2. The first-order valence-corrected chi connectivity index (χ1v) is 9.83. The first kappa shape index (κ1) is 18.3.